The lowest BCUT2D eigenvalue weighted by Crippen LogP contribution is -2.41. The Morgan fingerprint density at radius 3 is 2.56 bits per heavy atom. The number of rotatable bonds is 4. The Balaban J connectivity index is 1.48. The molecule has 1 aliphatic heterocycles. The molecule has 11 heteroatoms. The van der Waals surface area contributed by atoms with Crippen LogP contribution in [0.3, 0.4) is 0 Å². The van der Waals surface area contributed by atoms with Gasteiger partial charge in [0.15, 0.2) is 16.7 Å². The van der Waals surface area contributed by atoms with Gasteiger partial charge in [-0.25, -0.2) is 4.99 Å². The van der Waals surface area contributed by atoms with Crippen molar-refractivity contribution >= 4 is 79.9 Å². The quantitative estimate of drug-likeness (QED) is 0.579. The van der Waals surface area contributed by atoms with Gasteiger partial charge in [0.2, 0.25) is 11.8 Å². The van der Waals surface area contributed by atoms with Crippen molar-refractivity contribution in [2.45, 2.75) is 6.92 Å². The first-order chi connectivity index (χ1) is 16.4. The molecule has 9 nitrogen and oxygen atoms in total. The van der Waals surface area contributed by atoms with Gasteiger partial charge >= 0.3 is 5.91 Å². The molecule has 3 aromatic rings. The van der Waals surface area contributed by atoms with E-state index in [-0.39, 0.29) is 28.4 Å². The number of nitrogens with one attached hydrogen (secondary N) is 2. The molecule has 2 heterocycles. The predicted molar refractivity (Wildman–Crippen MR) is 135 cm³/mol. The predicted octanol–water partition coefficient (Wildman–Crippen LogP) is 3.29. The monoisotopic (exact) mass is 491 g/mol. The molecule has 1 aromatic heterocycles. The van der Waals surface area contributed by atoms with Crippen LogP contribution in [0.25, 0.3) is 10.8 Å². The molecule has 0 unspecified atom stereocenters. The van der Waals surface area contributed by atoms with Crippen molar-refractivity contribution in [2.24, 2.45) is 15.0 Å². The van der Waals surface area contributed by atoms with E-state index in [0.717, 1.165) is 22.5 Å². The third-order valence-corrected chi connectivity index (χ3v) is 6.17. The number of fused-ring (bicyclic) bond motifs is 1. The van der Waals surface area contributed by atoms with Crippen molar-refractivity contribution in [1.29, 1.82) is 0 Å². The Labute approximate surface area is 202 Å². The zero-order valence-electron chi connectivity index (χ0n) is 17.8. The number of hydrogen-bond acceptors (Lipinski definition) is 7. The molecule has 0 radical (unpaired) electrons. The van der Waals surface area contributed by atoms with E-state index in [0.29, 0.717) is 10.6 Å². The highest BCUT2D eigenvalue weighted by Crippen LogP contribution is 2.23. The summed E-state index contributed by atoms with van der Waals surface area (Å²) >= 11 is 2.09. The second-order valence-electron chi connectivity index (χ2n) is 6.95. The normalized spacial score (nSPS) is 14.5. The van der Waals surface area contributed by atoms with E-state index in [1.54, 1.807) is 23.6 Å². The molecule has 0 spiro atoms. The highest BCUT2D eigenvalue weighted by Gasteiger charge is 2.27. The number of carbonyl (C=O) groups excluding carboxylic acids is 4. The number of thioether (sulfide) groups is 1. The van der Waals surface area contributed by atoms with Gasteiger partial charge in [-0.1, -0.05) is 54.2 Å². The molecule has 34 heavy (non-hydrogen) atoms. The van der Waals surface area contributed by atoms with Crippen LogP contribution in [0, 0.1) is 0 Å². The van der Waals surface area contributed by atoms with Crippen LogP contribution >= 0.6 is 23.1 Å². The van der Waals surface area contributed by atoms with Gasteiger partial charge in [-0.05, 0) is 22.9 Å². The Hall–Kier alpha value is -3.96. The minimum atomic E-state index is -0.833. The van der Waals surface area contributed by atoms with Crippen molar-refractivity contribution in [2.75, 3.05) is 11.1 Å². The van der Waals surface area contributed by atoms with Gasteiger partial charge in [0, 0.05) is 18.0 Å². The van der Waals surface area contributed by atoms with Crippen LogP contribution in [0.15, 0.2) is 75.0 Å². The van der Waals surface area contributed by atoms with Crippen molar-refractivity contribution in [3.63, 3.8) is 0 Å². The first kappa shape index (κ1) is 23.2. The van der Waals surface area contributed by atoms with Gasteiger partial charge in [-0.15, -0.1) is 11.3 Å². The zero-order chi connectivity index (χ0) is 24.1. The SMILES string of the molecule is CC(=O)NC1=NC(SCC(=O)Nc2cccc3ccccc23)=NC(=O)C1=NC(=O)c1cccs1. The molecule has 0 saturated carbocycles. The lowest BCUT2D eigenvalue weighted by Gasteiger charge is -2.13. The number of amides is 4. The van der Waals surface area contributed by atoms with Gasteiger partial charge in [0.25, 0.3) is 5.91 Å². The molecule has 4 amide bonds. The maximum Gasteiger partial charge on any atom is 0.302 e. The van der Waals surface area contributed by atoms with Gasteiger partial charge in [-0.3, -0.25) is 19.2 Å². The summed E-state index contributed by atoms with van der Waals surface area (Å²) in [6.07, 6.45) is 0. The average Bonchev–Trinajstić information content (AvgIpc) is 3.35. The molecule has 0 bridgehead atoms. The van der Waals surface area contributed by atoms with E-state index in [1.807, 2.05) is 36.4 Å². The summed E-state index contributed by atoms with van der Waals surface area (Å²) in [4.78, 5) is 61.1. The number of benzene rings is 2. The van der Waals surface area contributed by atoms with Crippen LogP contribution in [0.5, 0.6) is 0 Å². The molecule has 0 saturated heterocycles. The molecule has 170 valence electrons. The maximum absolute atomic E-state index is 12.6. The summed E-state index contributed by atoms with van der Waals surface area (Å²) in [5.74, 6) is -2.55. The van der Waals surface area contributed by atoms with Gasteiger partial charge < -0.3 is 10.6 Å². The summed E-state index contributed by atoms with van der Waals surface area (Å²) in [7, 11) is 0. The van der Waals surface area contributed by atoms with E-state index in [4.69, 9.17) is 0 Å². The average molecular weight is 492 g/mol. The number of amidine groups is 2. The fraction of sp³-hybridized carbons (Fsp3) is 0.0870. The Morgan fingerprint density at radius 1 is 1.00 bits per heavy atom. The third kappa shape index (κ3) is 5.50. The molecule has 0 fully saturated rings. The van der Waals surface area contributed by atoms with Crippen LogP contribution in [-0.2, 0) is 14.4 Å². The van der Waals surface area contributed by atoms with Crippen molar-refractivity contribution in [1.82, 2.24) is 5.32 Å². The summed E-state index contributed by atoms with van der Waals surface area (Å²) in [6, 6.07) is 16.5. The highest BCUT2D eigenvalue weighted by molar-refractivity contribution is 8.14. The standard InChI is InChI=1S/C23H17N5O4S2/c1-13(29)24-20-19(26-21(31)17-10-5-11-33-17)22(32)28-23(27-20)34-12-18(30)25-16-9-4-7-14-6-2-3-8-15(14)16/h2-11H,12H2,1H3,(H,25,30)(H,24,27,28,29,32). The smallest absolute Gasteiger partial charge is 0.302 e. The number of anilines is 1. The van der Waals surface area contributed by atoms with Crippen LogP contribution < -0.4 is 10.6 Å². The van der Waals surface area contributed by atoms with Gasteiger partial charge in [0.05, 0.1) is 10.6 Å². The maximum atomic E-state index is 12.6. The number of hydrogen-bond donors (Lipinski definition) is 2. The van der Waals surface area contributed by atoms with E-state index in [2.05, 4.69) is 25.6 Å². The van der Waals surface area contributed by atoms with Gasteiger partial charge in [0.1, 0.15) is 0 Å². The minimum absolute atomic E-state index is 0.0238. The Morgan fingerprint density at radius 2 is 1.79 bits per heavy atom. The van der Waals surface area contributed by atoms with Gasteiger partial charge in [-0.2, -0.15) is 9.98 Å². The lowest BCUT2D eigenvalue weighted by molar-refractivity contribution is -0.117. The summed E-state index contributed by atoms with van der Waals surface area (Å²) in [5, 5.41) is 8.82. The Kier molecular flexibility index (Phi) is 7.04. The molecule has 4 rings (SSSR count). The number of aliphatic imine (C=N–C) groups is 3. The highest BCUT2D eigenvalue weighted by atomic mass is 32.2. The fourth-order valence-corrected chi connectivity index (χ4v) is 4.28. The number of carbonyl (C=O) groups is 4. The molecule has 1 aliphatic rings. The second kappa shape index (κ2) is 10.3. The topological polar surface area (TPSA) is 129 Å². The molecular weight excluding hydrogens is 474 g/mol. The lowest BCUT2D eigenvalue weighted by atomic mass is 10.1. The molecule has 0 atom stereocenters. The first-order valence-corrected chi connectivity index (χ1v) is 11.8. The van der Waals surface area contributed by atoms with Crippen molar-refractivity contribution in [3.8, 4) is 0 Å². The number of thiophene rings is 1. The summed E-state index contributed by atoms with van der Waals surface area (Å²) in [6.45, 7) is 1.24. The molecular formula is C23H17N5O4S2. The summed E-state index contributed by atoms with van der Waals surface area (Å²) < 4.78 is 0. The van der Waals surface area contributed by atoms with Crippen LogP contribution in [0.2, 0.25) is 0 Å². The first-order valence-electron chi connectivity index (χ1n) is 9.97. The zero-order valence-corrected chi connectivity index (χ0v) is 19.4. The second-order valence-corrected chi connectivity index (χ2v) is 8.84. The minimum Gasteiger partial charge on any atom is -0.325 e. The molecule has 0 aliphatic carbocycles. The van der Waals surface area contributed by atoms with Crippen LogP contribution in [0.4, 0.5) is 5.69 Å². The largest absolute Gasteiger partial charge is 0.325 e. The van der Waals surface area contributed by atoms with E-state index in [1.165, 1.54) is 18.3 Å². The van der Waals surface area contributed by atoms with E-state index >= 15 is 0 Å². The van der Waals surface area contributed by atoms with Crippen molar-refractivity contribution < 1.29 is 19.2 Å². The molecule has 2 aromatic carbocycles. The fourth-order valence-electron chi connectivity index (χ4n) is 3.04. The molecule has 2 N–H and O–H groups in total. The van der Waals surface area contributed by atoms with E-state index in [9.17, 15) is 19.2 Å². The van der Waals surface area contributed by atoms with Crippen molar-refractivity contribution in [3.05, 3.63) is 64.9 Å². The summed E-state index contributed by atoms with van der Waals surface area (Å²) in [5.41, 5.74) is 0.299. The number of nitrogens with zero attached hydrogens (tertiary/aromatic N) is 3. The van der Waals surface area contributed by atoms with E-state index < -0.39 is 17.7 Å². The third-order valence-electron chi connectivity index (χ3n) is 4.47. The van der Waals surface area contributed by atoms with Crippen LogP contribution in [-0.4, -0.2) is 46.1 Å². The van der Waals surface area contributed by atoms with Crippen LogP contribution in [0.1, 0.15) is 16.6 Å². The Bertz CT molecular complexity index is 1390.